The maximum atomic E-state index is 13.0. The number of anilines is 1. The highest BCUT2D eigenvalue weighted by Gasteiger charge is 2.25. The van der Waals surface area contributed by atoms with E-state index < -0.39 is 0 Å². The lowest BCUT2D eigenvalue weighted by Gasteiger charge is -2.30. The number of aryl methyl sites for hydroxylation is 2. The predicted molar refractivity (Wildman–Crippen MR) is 102 cm³/mol. The highest BCUT2D eigenvalue weighted by Crippen LogP contribution is 2.40. The van der Waals surface area contributed by atoms with Gasteiger partial charge in [0.15, 0.2) is 11.5 Å². The van der Waals surface area contributed by atoms with Gasteiger partial charge in [0, 0.05) is 17.8 Å². The molecule has 1 aliphatic rings. The number of carbonyl (C=O) groups is 1. The van der Waals surface area contributed by atoms with Crippen molar-refractivity contribution >= 4 is 11.6 Å². The van der Waals surface area contributed by atoms with Crippen LogP contribution in [-0.2, 0) is 17.6 Å². The standard InChI is InChI=1S/C21H25NO4/c1-14-7-9-17-15(12-14)6-5-11-22(17)19(23)13-16-8-10-18(24-2)21(26-4)20(16)25-3/h7-10,12H,5-6,11,13H2,1-4H3. The molecule has 0 atom stereocenters. The molecule has 0 saturated heterocycles. The van der Waals surface area contributed by atoms with Crippen LogP contribution in [-0.4, -0.2) is 33.8 Å². The molecule has 0 fully saturated rings. The van der Waals surface area contributed by atoms with E-state index in [9.17, 15) is 4.79 Å². The van der Waals surface area contributed by atoms with Crippen LogP contribution in [0.25, 0.3) is 0 Å². The Bertz CT molecular complexity index is 816. The van der Waals surface area contributed by atoms with Gasteiger partial charge in [0.1, 0.15) is 0 Å². The molecule has 26 heavy (non-hydrogen) atoms. The Hall–Kier alpha value is -2.69. The highest BCUT2D eigenvalue weighted by molar-refractivity contribution is 5.96. The number of rotatable bonds is 5. The highest BCUT2D eigenvalue weighted by atomic mass is 16.5. The molecule has 0 aromatic heterocycles. The van der Waals surface area contributed by atoms with Gasteiger partial charge in [0.25, 0.3) is 0 Å². The fourth-order valence-electron chi connectivity index (χ4n) is 3.55. The van der Waals surface area contributed by atoms with Crippen LogP contribution >= 0.6 is 0 Å². The minimum atomic E-state index is 0.0559. The molecule has 0 spiro atoms. The van der Waals surface area contributed by atoms with Crippen LogP contribution in [0.1, 0.15) is 23.1 Å². The SMILES string of the molecule is COc1ccc(CC(=O)N2CCCc3cc(C)ccc32)c(OC)c1OC. The lowest BCUT2D eigenvalue weighted by atomic mass is 9.98. The Kier molecular flexibility index (Phi) is 5.35. The molecule has 5 nitrogen and oxygen atoms in total. The number of amides is 1. The molecule has 2 aromatic rings. The fourth-order valence-corrected chi connectivity index (χ4v) is 3.55. The normalized spacial score (nSPS) is 13.2. The van der Waals surface area contributed by atoms with Gasteiger partial charge in [0.05, 0.1) is 27.8 Å². The first-order chi connectivity index (χ1) is 12.6. The fraction of sp³-hybridized carbons (Fsp3) is 0.381. The summed E-state index contributed by atoms with van der Waals surface area (Å²) in [5, 5.41) is 0. The van der Waals surface area contributed by atoms with Crippen molar-refractivity contribution in [3.63, 3.8) is 0 Å². The van der Waals surface area contributed by atoms with Gasteiger partial charge >= 0.3 is 0 Å². The van der Waals surface area contributed by atoms with Gasteiger partial charge in [-0.1, -0.05) is 23.8 Å². The van der Waals surface area contributed by atoms with E-state index in [1.165, 1.54) is 11.1 Å². The van der Waals surface area contributed by atoms with Crippen LogP contribution in [0, 0.1) is 6.92 Å². The summed E-state index contributed by atoms with van der Waals surface area (Å²) in [6.45, 7) is 2.82. The third-order valence-electron chi connectivity index (χ3n) is 4.78. The van der Waals surface area contributed by atoms with E-state index in [-0.39, 0.29) is 12.3 Å². The van der Waals surface area contributed by atoms with Gasteiger partial charge in [0.2, 0.25) is 11.7 Å². The van der Waals surface area contributed by atoms with Crippen molar-refractivity contribution in [2.75, 3.05) is 32.8 Å². The van der Waals surface area contributed by atoms with Crippen molar-refractivity contribution in [1.29, 1.82) is 0 Å². The first kappa shape index (κ1) is 18.1. The molecule has 0 radical (unpaired) electrons. The lowest BCUT2D eigenvalue weighted by molar-refractivity contribution is -0.118. The molecule has 3 rings (SSSR count). The molecule has 0 aliphatic carbocycles. The van der Waals surface area contributed by atoms with Crippen LogP contribution in [0.3, 0.4) is 0 Å². The first-order valence-corrected chi connectivity index (χ1v) is 8.76. The van der Waals surface area contributed by atoms with Gasteiger partial charge in [-0.2, -0.15) is 0 Å². The third-order valence-corrected chi connectivity index (χ3v) is 4.78. The van der Waals surface area contributed by atoms with Gasteiger partial charge in [-0.3, -0.25) is 4.79 Å². The average Bonchev–Trinajstić information content (AvgIpc) is 2.66. The van der Waals surface area contributed by atoms with E-state index in [2.05, 4.69) is 19.1 Å². The Balaban J connectivity index is 1.90. The van der Waals surface area contributed by atoms with E-state index in [0.29, 0.717) is 17.2 Å². The number of methoxy groups -OCH3 is 3. The van der Waals surface area contributed by atoms with Gasteiger partial charge in [-0.05, 0) is 37.5 Å². The second-order valence-electron chi connectivity index (χ2n) is 6.45. The minimum Gasteiger partial charge on any atom is -0.493 e. The molecule has 0 bridgehead atoms. The quantitative estimate of drug-likeness (QED) is 0.823. The monoisotopic (exact) mass is 355 g/mol. The Morgan fingerprint density at radius 3 is 2.50 bits per heavy atom. The zero-order valence-corrected chi connectivity index (χ0v) is 15.8. The predicted octanol–water partition coefficient (Wildman–Crippen LogP) is 3.54. The van der Waals surface area contributed by atoms with Crippen LogP contribution in [0.15, 0.2) is 30.3 Å². The Morgan fingerprint density at radius 2 is 1.81 bits per heavy atom. The van der Waals surface area contributed by atoms with Crippen molar-refractivity contribution in [2.24, 2.45) is 0 Å². The average molecular weight is 355 g/mol. The number of benzene rings is 2. The first-order valence-electron chi connectivity index (χ1n) is 8.76. The summed E-state index contributed by atoms with van der Waals surface area (Å²) in [6.07, 6.45) is 2.24. The summed E-state index contributed by atoms with van der Waals surface area (Å²) in [5.41, 5.74) is 4.27. The molecule has 1 aliphatic heterocycles. The summed E-state index contributed by atoms with van der Waals surface area (Å²) < 4.78 is 16.2. The van der Waals surface area contributed by atoms with E-state index in [0.717, 1.165) is 30.6 Å². The van der Waals surface area contributed by atoms with Gasteiger partial charge in [-0.15, -0.1) is 0 Å². The summed E-state index contributed by atoms with van der Waals surface area (Å²) in [6, 6.07) is 9.94. The van der Waals surface area contributed by atoms with Gasteiger partial charge in [-0.25, -0.2) is 0 Å². The Morgan fingerprint density at radius 1 is 1.04 bits per heavy atom. The molecule has 1 amide bonds. The molecule has 5 heteroatoms. The molecule has 0 N–H and O–H groups in total. The van der Waals surface area contributed by atoms with Crippen molar-refractivity contribution in [3.05, 3.63) is 47.0 Å². The van der Waals surface area contributed by atoms with Crippen molar-refractivity contribution in [1.82, 2.24) is 0 Å². The topological polar surface area (TPSA) is 48.0 Å². The van der Waals surface area contributed by atoms with Crippen LogP contribution < -0.4 is 19.1 Å². The van der Waals surface area contributed by atoms with E-state index in [4.69, 9.17) is 14.2 Å². The second kappa shape index (κ2) is 7.68. The largest absolute Gasteiger partial charge is 0.493 e. The zero-order valence-electron chi connectivity index (χ0n) is 15.8. The van der Waals surface area contributed by atoms with E-state index in [1.54, 1.807) is 27.4 Å². The number of ether oxygens (including phenoxy) is 3. The molecule has 1 heterocycles. The van der Waals surface area contributed by atoms with Crippen molar-refractivity contribution in [3.8, 4) is 17.2 Å². The second-order valence-corrected chi connectivity index (χ2v) is 6.45. The number of hydrogen-bond donors (Lipinski definition) is 0. The van der Waals surface area contributed by atoms with E-state index in [1.807, 2.05) is 17.0 Å². The summed E-state index contributed by atoms with van der Waals surface area (Å²) in [4.78, 5) is 14.9. The maximum absolute atomic E-state index is 13.0. The summed E-state index contributed by atoms with van der Waals surface area (Å²) in [7, 11) is 4.72. The Labute approximate surface area is 154 Å². The molecular formula is C21H25NO4. The molecule has 0 unspecified atom stereocenters. The smallest absolute Gasteiger partial charge is 0.231 e. The van der Waals surface area contributed by atoms with Crippen LogP contribution in [0.4, 0.5) is 5.69 Å². The van der Waals surface area contributed by atoms with Crippen molar-refractivity contribution < 1.29 is 19.0 Å². The van der Waals surface area contributed by atoms with Gasteiger partial charge < -0.3 is 19.1 Å². The number of carbonyl (C=O) groups excluding carboxylic acids is 1. The van der Waals surface area contributed by atoms with Crippen LogP contribution in [0.5, 0.6) is 17.2 Å². The minimum absolute atomic E-state index is 0.0559. The zero-order chi connectivity index (χ0) is 18.7. The number of fused-ring (bicyclic) bond motifs is 1. The molecule has 2 aromatic carbocycles. The molecule has 0 saturated carbocycles. The maximum Gasteiger partial charge on any atom is 0.231 e. The third kappa shape index (κ3) is 3.34. The van der Waals surface area contributed by atoms with Crippen molar-refractivity contribution in [2.45, 2.75) is 26.2 Å². The van der Waals surface area contributed by atoms with E-state index >= 15 is 0 Å². The van der Waals surface area contributed by atoms with Crippen LogP contribution in [0.2, 0.25) is 0 Å². The summed E-state index contributed by atoms with van der Waals surface area (Å²) in [5.74, 6) is 1.69. The number of hydrogen-bond acceptors (Lipinski definition) is 4. The number of nitrogens with zero attached hydrogens (tertiary/aromatic N) is 1. The lowest BCUT2D eigenvalue weighted by Crippen LogP contribution is -2.36. The summed E-state index contributed by atoms with van der Waals surface area (Å²) >= 11 is 0. The molecular weight excluding hydrogens is 330 g/mol. The molecule has 138 valence electrons.